The second kappa shape index (κ2) is 9.21. The second-order valence-electron chi connectivity index (χ2n) is 8.92. The van der Waals surface area contributed by atoms with Gasteiger partial charge in [-0.05, 0) is 30.2 Å². The molecule has 1 N–H and O–H groups in total. The maximum absolute atomic E-state index is 13.2. The van der Waals surface area contributed by atoms with E-state index in [2.05, 4.69) is 20.4 Å². The van der Waals surface area contributed by atoms with Crippen LogP contribution in [0.1, 0.15) is 46.3 Å². The number of hydrogen-bond acceptors (Lipinski definition) is 6. The van der Waals surface area contributed by atoms with Crippen LogP contribution in [0.15, 0.2) is 47.2 Å². The highest BCUT2D eigenvalue weighted by Crippen LogP contribution is 2.48. The Bertz CT molecular complexity index is 1450. The Morgan fingerprint density at radius 3 is 2.76 bits per heavy atom. The number of carbonyl (C=O) groups is 1. The van der Waals surface area contributed by atoms with Crippen molar-refractivity contribution in [3.63, 3.8) is 0 Å². The number of fused-ring (bicyclic) bond motifs is 1. The summed E-state index contributed by atoms with van der Waals surface area (Å²) in [6, 6.07) is 8.23. The smallest absolute Gasteiger partial charge is 0.367 e. The summed E-state index contributed by atoms with van der Waals surface area (Å²) >= 11 is 0. The molecule has 1 aromatic carbocycles. The average molecular weight is 521 g/mol. The molecule has 4 aromatic rings. The number of hydrogen-bond donors (Lipinski definition) is 1. The summed E-state index contributed by atoms with van der Waals surface area (Å²) in [6.07, 6.45) is -2.27. The number of amides is 1. The van der Waals surface area contributed by atoms with Gasteiger partial charge in [0.2, 0.25) is 17.6 Å². The number of carbonyl (C=O) groups excluding carboxylic acids is 1. The summed E-state index contributed by atoms with van der Waals surface area (Å²) < 4.78 is 74.7. The van der Waals surface area contributed by atoms with Gasteiger partial charge in [-0.1, -0.05) is 23.4 Å². The van der Waals surface area contributed by atoms with Crippen molar-refractivity contribution in [1.29, 1.82) is 0 Å². The predicted molar refractivity (Wildman–Crippen MR) is 120 cm³/mol. The van der Waals surface area contributed by atoms with Crippen LogP contribution in [0.3, 0.4) is 0 Å². The molecule has 0 aliphatic heterocycles. The minimum absolute atomic E-state index is 0.146. The van der Waals surface area contributed by atoms with Crippen molar-refractivity contribution in [3.8, 4) is 11.4 Å². The minimum Gasteiger partial charge on any atom is -0.367 e. The number of rotatable bonds is 7. The molecular formula is C24H20F5N5O3. The lowest BCUT2D eigenvalue weighted by atomic mass is 9.81. The van der Waals surface area contributed by atoms with Crippen molar-refractivity contribution in [2.75, 3.05) is 11.9 Å². The number of ether oxygens (including phenoxy) is 1. The van der Waals surface area contributed by atoms with Crippen LogP contribution in [0, 0.1) is 6.92 Å². The molecule has 0 bridgehead atoms. The van der Waals surface area contributed by atoms with E-state index < -0.39 is 30.5 Å². The molecular weight excluding hydrogens is 501 g/mol. The van der Waals surface area contributed by atoms with E-state index in [1.54, 1.807) is 37.3 Å². The van der Waals surface area contributed by atoms with Gasteiger partial charge in [0.05, 0.1) is 12.8 Å². The van der Waals surface area contributed by atoms with E-state index in [-0.39, 0.29) is 36.9 Å². The molecule has 1 aliphatic rings. The van der Waals surface area contributed by atoms with Crippen molar-refractivity contribution in [2.24, 2.45) is 0 Å². The van der Waals surface area contributed by atoms with E-state index in [1.165, 1.54) is 16.8 Å². The first kappa shape index (κ1) is 24.8. The first-order valence-electron chi connectivity index (χ1n) is 11.2. The van der Waals surface area contributed by atoms with Gasteiger partial charge in [0.1, 0.15) is 17.9 Å². The van der Waals surface area contributed by atoms with Gasteiger partial charge >= 0.3 is 6.18 Å². The number of aromatic nitrogens is 4. The molecule has 5 rings (SSSR count). The molecule has 3 aromatic heterocycles. The minimum atomic E-state index is -4.44. The first-order valence-corrected chi connectivity index (χ1v) is 11.2. The summed E-state index contributed by atoms with van der Waals surface area (Å²) in [7, 11) is 0. The summed E-state index contributed by atoms with van der Waals surface area (Å²) in [6.45, 7) is 0.107. The van der Waals surface area contributed by atoms with E-state index >= 15 is 0 Å². The monoisotopic (exact) mass is 521 g/mol. The van der Waals surface area contributed by atoms with E-state index in [0.29, 0.717) is 22.5 Å². The normalized spacial score (nSPS) is 15.6. The molecule has 1 aliphatic carbocycles. The molecule has 1 saturated carbocycles. The number of halogens is 5. The SMILES string of the molecule is Cc1ccc(-c2noc(C3CC(F)(F)C3)n2)cc1NC(=O)c1cnc2ccc(COCC(F)(F)F)cn12. The fourth-order valence-electron chi connectivity index (χ4n) is 4.00. The van der Waals surface area contributed by atoms with Crippen LogP contribution < -0.4 is 5.32 Å². The zero-order valence-electron chi connectivity index (χ0n) is 19.4. The van der Waals surface area contributed by atoms with Gasteiger partial charge in [-0.15, -0.1) is 0 Å². The van der Waals surface area contributed by atoms with Gasteiger partial charge in [0, 0.05) is 36.2 Å². The Labute approximate surface area is 206 Å². The van der Waals surface area contributed by atoms with Crippen LogP contribution >= 0.6 is 0 Å². The third-order valence-electron chi connectivity index (χ3n) is 5.96. The number of aryl methyl sites for hydroxylation is 1. The van der Waals surface area contributed by atoms with Crippen LogP contribution in [-0.4, -0.2) is 44.1 Å². The Hall–Kier alpha value is -3.87. The summed E-state index contributed by atoms with van der Waals surface area (Å²) in [5.41, 5.74) is 2.71. The standard InChI is InChI=1S/C24H20F5N5O3/c1-13-2-4-15(20-32-22(37-33-20)16-7-23(25,26)8-16)6-17(13)31-21(35)18-9-30-19-5-3-14(10-34(18)19)11-36-12-24(27,28)29/h2-6,9-10,16H,7-8,11-12H2,1H3,(H,31,35). The van der Waals surface area contributed by atoms with E-state index in [0.717, 1.165) is 5.56 Å². The Morgan fingerprint density at radius 2 is 2.03 bits per heavy atom. The van der Waals surface area contributed by atoms with Crippen LogP contribution in [0.4, 0.5) is 27.6 Å². The Morgan fingerprint density at radius 1 is 1.24 bits per heavy atom. The molecule has 1 amide bonds. The summed E-state index contributed by atoms with van der Waals surface area (Å²) in [5, 5.41) is 6.68. The number of imidazole rings is 1. The summed E-state index contributed by atoms with van der Waals surface area (Å²) in [4.78, 5) is 21.5. The molecule has 13 heteroatoms. The lowest BCUT2D eigenvalue weighted by molar-refractivity contribution is -0.176. The number of nitrogens with zero attached hydrogens (tertiary/aromatic N) is 4. The molecule has 194 valence electrons. The van der Waals surface area contributed by atoms with Gasteiger partial charge in [0.15, 0.2) is 0 Å². The van der Waals surface area contributed by atoms with Gasteiger partial charge in [-0.25, -0.2) is 13.8 Å². The highest BCUT2D eigenvalue weighted by molar-refractivity contribution is 6.04. The molecule has 3 heterocycles. The molecule has 0 spiro atoms. The highest BCUT2D eigenvalue weighted by atomic mass is 19.4. The molecule has 8 nitrogen and oxygen atoms in total. The van der Waals surface area contributed by atoms with Crippen LogP contribution in [0.5, 0.6) is 0 Å². The molecule has 1 fully saturated rings. The van der Waals surface area contributed by atoms with Gasteiger partial charge < -0.3 is 14.6 Å². The zero-order valence-corrected chi connectivity index (χ0v) is 19.4. The fourth-order valence-corrected chi connectivity index (χ4v) is 4.00. The molecule has 0 saturated heterocycles. The molecule has 0 radical (unpaired) electrons. The van der Waals surface area contributed by atoms with Crippen molar-refractivity contribution in [3.05, 3.63) is 65.4 Å². The molecule has 37 heavy (non-hydrogen) atoms. The predicted octanol–water partition coefficient (Wildman–Crippen LogP) is 5.54. The largest absolute Gasteiger partial charge is 0.411 e. The van der Waals surface area contributed by atoms with Crippen LogP contribution in [0.2, 0.25) is 0 Å². The van der Waals surface area contributed by atoms with E-state index in [1.807, 2.05) is 0 Å². The second-order valence-corrected chi connectivity index (χ2v) is 8.92. The number of pyridine rings is 1. The van der Waals surface area contributed by atoms with Crippen molar-refractivity contribution in [2.45, 2.75) is 44.4 Å². The van der Waals surface area contributed by atoms with Gasteiger partial charge in [0.25, 0.3) is 5.91 Å². The van der Waals surface area contributed by atoms with Gasteiger partial charge in [-0.2, -0.15) is 18.2 Å². The Balaban J connectivity index is 1.32. The summed E-state index contributed by atoms with van der Waals surface area (Å²) in [5.74, 6) is -3.35. The van der Waals surface area contributed by atoms with Crippen molar-refractivity contribution >= 4 is 17.2 Å². The maximum atomic E-state index is 13.2. The van der Waals surface area contributed by atoms with Crippen molar-refractivity contribution < 1.29 is 36.0 Å². The molecule has 0 atom stereocenters. The van der Waals surface area contributed by atoms with Crippen LogP contribution in [-0.2, 0) is 11.3 Å². The fraction of sp³-hybridized carbons (Fsp3) is 0.333. The van der Waals surface area contributed by atoms with E-state index in [9.17, 15) is 26.7 Å². The highest BCUT2D eigenvalue weighted by Gasteiger charge is 2.48. The topological polar surface area (TPSA) is 94.6 Å². The van der Waals surface area contributed by atoms with E-state index in [4.69, 9.17) is 9.26 Å². The Kier molecular flexibility index (Phi) is 6.18. The third kappa shape index (κ3) is 5.45. The van der Waals surface area contributed by atoms with Crippen LogP contribution in [0.25, 0.3) is 17.0 Å². The zero-order chi connectivity index (χ0) is 26.4. The number of nitrogens with one attached hydrogen (secondary N) is 1. The lowest BCUT2D eigenvalue weighted by Gasteiger charge is -2.31. The first-order chi connectivity index (χ1) is 17.5. The maximum Gasteiger partial charge on any atom is 0.411 e. The lowest BCUT2D eigenvalue weighted by Crippen LogP contribution is -2.33. The third-order valence-corrected chi connectivity index (χ3v) is 5.96. The average Bonchev–Trinajstić information content (AvgIpc) is 3.45. The number of anilines is 1. The van der Waals surface area contributed by atoms with Gasteiger partial charge in [-0.3, -0.25) is 9.20 Å². The number of alkyl halides is 5. The molecule has 0 unspecified atom stereocenters. The number of benzene rings is 1. The quantitative estimate of drug-likeness (QED) is 0.321. The van der Waals surface area contributed by atoms with Crippen molar-refractivity contribution in [1.82, 2.24) is 19.5 Å².